The standard InChI is InChI=1S/C19H19N5O3S2/c1-12(23-29(25,26)18-6-4-5-17-19(18)22-28-21-17)16-11-20-24(13(16)2)14-7-9-15(27-3)10-8-14/h4-12,23H,1-3H3/t12-/m0/s1. The fourth-order valence-electron chi connectivity index (χ4n) is 3.19. The molecule has 2 aromatic carbocycles. The van der Waals surface area contributed by atoms with Gasteiger partial charge < -0.3 is 4.74 Å². The van der Waals surface area contributed by atoms with Crippen molar-refractivity contribution < 1.29 is 13.2 Å². The molecule has 150 valence electrons. The average molecular weight is 430 g/mol. The molecule has 0 bridgehead atoms. The van der Waals surface area contributed by atoms with E-state index in [0.29, 0.717) is 11.0 Å². The number of sulfonamides is 1. The second-order valence-corrected chi connectivity index (χ2v) is 8.74. The first-order chi connectivity index (χ1) is 13.9. The number of hydrogen-bond acceptors (Lipinski definition) is 7. The van der Waals surface area contributed by atoms with Crippen molar-refractivity contribution in [3.05, 3.63) is 59.9 Å². The van der Waals surface area contributed by atoms with Gasteiger partial charge in [0, 0.05) is 17.3 Å². The molecular weight excluding hydrogens is 410 g/mol. The topological polar surface area (TPSA) is 99.0 Å². The Morgan fingerprint density at radius 3 is 2.62 bits per heavy atom. The van der Waals surface area contributed by atoms with Crippen LogP contribution in [0.1, 0.15) is 24.2 Å². The molecule has 4 aromatic rings. The quantitative estimate of drug-likeness (QED) is 0.505. The van der Waals surface area contributed by atoms with E-state index in [4.69, 9.17) is 4.74 Å². The van der Waals surface area contributed by atoms with E-state index in [0.717, 1.165) is 34.4 Å². The Balaban J connectivity index is 1.62. The highest BCUT2D eigenvalue weighted by Crippen LogP contribution is 2.25. The summed E-state index contributed by atoms with van der Waals surface area (Å²) in [5.74, 6) is 0.755. The Morgan fingerprint density at radius 2 is 1.90 bits per heavy atom. The van der Waals surface area contributed by atoms with Crippen molar-refractivity contribution in [3.8, 4) is 11.4 Å². The van der Waals surface area contributed by atoms with Gasteiger partial charge in [-0.25, -0.2) is 17.8 Å². The molecule has 8 nitrogen and oxygen atoms in total. The zero-order chi connectivity index (χ0) is 20.6. The Kier molecular flexibility index (Phi) is 5.07. The van der Waals surface area contributed by atoms with Crippen LogP contribution in [0.15, 0.2) is 53.6 Å². The first kappa shape index (κ1) is 19.5. The Morgan fingerprint density at radius 1 is 1.14 bits per heavy atom. The van der Waals surface area contributed by atoms with Gasteiger partial charge in [0.25, 0.3) is 0 Å². The van der Waals surface area contributed by atoms with Gasteiger partial charge in [0.2, 0.25) is 10.0 Å². The van der Waals surface area contributed by atoms with Crippen LogP contribution in [-0.2, 0) is 10.0 Å². The summed E-state index contributed by atoms with van der Waals surface area (Å²) in [4.78, 5) is 0.121. The van der Waals surface area contributed by atoms with Gasteiger partial charge in [-0.2, -0.15) is 13.8 Å². The first-order valence-corrected chi connectivity index (χ1v) is 11.0. The smallest absolute Gasteiger partial charge is 0.243 e. The van der Waals surface area contributed by atoms with Gasteiger partial charge in [-0.05, 0) is 50.2 Å². The molecule has 0 amide bonds. The lowest BCUT2D eigenvalue weighted by Gasteiger charge is -2.15. The van der Waals surface area contributed by atoms with Gasteiger partial charge in [-0.15, -0.1) is 0 Å². The van der Waals surface area contributed by atoms with E-state index in [1.807, 2.05) is 31.2 Å². The Hall–Kier alpha value is -2.82. The van der Waals surface area contributed by atoms with E-state index < -0.39 is 16.1 Å². The molecule has 0 aliphatic carbocycles. The van der Waals surface area contributed by atoms with Gasteiger partial charge in [-0.3, -0.25) is 0 Å². The second-order valence-electron chi connectivity index (χ2n) is 6.53. The maximum absolute atomic E-state index is 13.0. The third-order valence-electron chi connectivity index (χ3n) is 4.70. The highest BCUT2D eigenvalue weighted by molar-refractivity contribution is 7.89. The summed E-state index contributed by atoms with van der Waals surface area (Å²) in [5.41, 5.74) is 3.44. The predicted molar refractivity (Wildman–Crippen MR) is 111 cm³/mol. The minimum absolute atomic E-state index is 0.121. The number of methoxy groups -OCH3 is 1. The fourth-order valence-corrected chi connectivity index (χ4v) is 5.18. The number of nitrogens with one attached hydrogen (secondary N) is 1. The zero-order valence-corrected chi connectivity index (χ0v) is 17.7. The molecule has 1 atom stereocenters. The van der Waals surface area contributed by atoms with E-state index in [9.17, 15) is 8.42 Å². The van der Waals surface area contributed by atoms with Crippen LogP contribution >= 0.6 is 11.7 Å². The predicted octanol–water partition coefficient (Wildman–Crippen LogP) is 3.23. The molecule has 0 aliphatic rings. The summed E-state index contributed by atoms with van der Waals surface area (Å²) in [6, 6.07) is 12.0. The lowest BCUT2D eigenvalue weighted by molar-refractivity contribution is 0.414. The molecule has 0 fully saturated rings. The average Bonchev–Trinajstić information content (AvgIpc) is 3.34. The SMILES string of the molecule is COc1ccc(-n2ncc([C@H](C)NS(=O)(=O)c3cccc4nsnc34)c2C)cc1. The number of hydrogen-bond donors (Lipinski definition) is 1. The highest BCUT2D eigenvalue weighted by Gasteiger charge is 2.24. The monoisotopic (exact) mass is 429 g/mol. The number of ether oxygens (including phenoxy) is 1. The Bertz CT molecular complexity index is 1260. The zero-order valence-electron chi connectivity index (χ0n) is 16.0. The largest absolute Gasteiger partial charge is 0.497 e. The summed E-state index contributed by atoms with van der Waals surface area (Å²) in [6.45, 7) is 3.70. The van der Waals surface area contributed by atoms with E-state index >= 15 is 0 Å². The van der Waals surface area contributed by atoms with Crippen LogP contribution in [0.5, 0.6) is 5.75 Å². The van der Waals surface area contributed by atoms with Gasteiger partial charge in [-0.1, -0.05) is 6.07 Å². The van der Waals surface area contributed by atoms with Crippen LogP contribution in [0.25, 0.3) is 16.7 Å². The van der Waals surface area contributed by atoms with Crippen molar-refractivity contribution in [2.75, 3.05) is 7.11 Å². The third-order valence-corrected chi connectivity index (χ3v) is 6.82. The maximum Gasteiger partial charge on any atom is 0.243 e. The molecule has 4 rings (SSSR count). The van der Waals surface area contributed by atoms with Crippen LogP contribution in [0.4, 0.5) is 0 Å². The number of rotatable bonds is 6. The minimum atomic E-state index is -3.78. The number of fused-ring (bicyclic) bond motifs is 1. The van der Waals surface area contributed by atoms with Crippen LogP contribution in [0.3, 0.4) is 0 Å². The van der Waals surface area contributed by atoms with Crippen molar-refractivity contribution in [1.82, 2.24) is 23.2 Å². The minimum Gasteiger partial charge on any atom is -0.497 e. The lowest BCUT2D eigenvalue weighted by atomic mass is 10.1. The van der Waals surface area contributed by atoms with Crippen LogP contribution in [0, 0.1) is 6.92 Å². The molecule has 0 aliphatic heterocycles. The van der Waals surface area contributed by atoms with Gasteiger partial charge in [0.15, 0.2) is 0 Å². The molecule has 10 heteroatoms. The van der Waals surface area contributed by atoms with Crippen LogP contribution < -0.4 is 9.46 Å². The molecule has 29 heavy (non-hydrogen) atoms. The molecule has 0 radical (unpaired) electrons. The van der Waals surface area contributed by atoms with E-state index in [1.54, 1.807) is 37.0 Å². The third kappa shape index (κ3) is 3.61. The molecule has 2 heterocycles. The molecule has 0 unspecified atom stereocenters. The van der Waals surface area contributed by atoms with Crippen molar-refractivity contribution in [1.29, 1.82) is 0 Å². The number of nitrogens with zero attached hydrogens (tertiary/aromatic N) is 4. The second kappa shape index (κ2) is 7.54. The van der Waals surface area contributed by atoms with Crippen LogP contribution in [0.2, 0.25) is 0 Å². The normalized spacial score (nSPS) is 12.9. The molecular formula is C19H19N5O3S2. The summed E-state index contributed by atoms with van der Waals surface area (Å²) >= 11 is 0.990. The summed E-state index contributed by atoms with van der Waals surface area (Å²) in [6.07, 6.45) is 1.68. The number of aromatic nitrogens is 4. The highest BCUT2D eigenvalue weighted by atomic mass is 32.2. The molecule has 0 saturated carbocycles. The first-order valence-electron chi connectivity index (χ1n) is 8.83. The van der Waals surface area contributed by atoms with E-state index in [2.05, 4.69) is 18.6 Å². The Labute approximate surface area is 172 Å². The van der Waals surface area contributed by atoms with E-state index in [-0.39, 0.29) is 4.90 Å². The van der Waals surface area contributed by atoms with Gasteiger partial charge in [0.05, 0.1) is 30.7 Å². The van der Waals surface area contributed by atoms with Crippen LogP contribution in [-0.4, -0.2) is 34.1 Å². The lowest BCUT2D eigenvalue weighted by Crippen LogP contribution is -2.27. The fraction of sp³-hybridized carbons (Fsp3) is 0.211. The van der Waals surface area contributed by atoms with Gasteiger partial charge >= 0.3 is 0 Å². The van der Waals surface area contributed by atoms with E-state index in [1.165, 1.54) is 6.07 Å². The van der Waals surface area contributed by atoms with Crippen molar-refractivity contribution >= 4 is 32.8 Å². The summed E-state index contributed by atoms with van der Waals surface area (Å²) in [7, 11) is -2.17. The van der Waals surface area contributed by atoms with Crippen molar-refractivity contribution in [2.24, 2.45) is 0 Å². The van der Waals surface area contributed by atoms with Gasteiger partial charge in [0.1, 0.15) is 21.7 Å². The molecule has 0 spiro atoms. The number of benzene rings is 2. The molecule has 2 aromatic heterocycles. The van der Waals surface area contributed by atoms with Crippen molar-refractivity contribution in [3.63, 3.8) is 0 Å². The summed E-state index contributed by atoms with van der Waals surface area (Å²) in [5, 5.41) is 4.43. The molecule has 0 saturated heterocycles. The van der Waals surface area contributed by atoms with Crippen molar-refractivity contribution in [2.45, 2.75) is 24.8 Å². The summed E-state index contributed by atoms with van der Waals surface area (Å²) < 4.78 is 43.9. The molecule has 1 N–H and O–H groups in total. The maximum atomic E-state index is 13.0.